The van der Waals surface area contributed by atoms with Crippen LogP contribution in [0.25, 0.3) is 0 Å². The minimum Gasteiger partial charge on any atom is -0.497 e. The van der Waals surface area contributed by atoms with Gasteiger partial charge in [-0.1, -0.05) is 0 Å². The highest BCUT2D eigenvalue weighted by atomic mass is 32.2. The summed E-state index contributed by atoms with van der Waals surface area (Å²) in [4.78, 5) is 29.2. The van der Waals surface area contributed by atoms with Crippen molar-refractivity contribution < 1.29 is 32.2 Å². The van der Waals surface area contributed by atoms with Crippen LogP contribution in [-0.4, -0.2) is 76.1 Å². The lowest BCUT2D eigenvalue weighted by Crippen LogP contribution is -2.52. The van der Waals surface area contributed by atoms with Crippen molar-refractivity contribution in [1.82, 2.24) is 9.21 Å². The maximum Gasteiger partial charge on any atom is 0.243 e. The molecule has 2 saturated heterocycles. The number of rotatable bonds is 5. The van der Waals surface area contributed by atoms with E-state index in [4.69, 9.17) is 14.2 Å². The maximum atomic E-state index is 13.1. The van der Waals surface area contributed by atoms with Gasteiger partial charge in [0.05, 0.1) is 17.9 Å². The number of methoxy groups -OCH3 is 1. The molecule has 0 N–H and O–H groups in total. The number of anilines is 1. The number of nitrogens with zero attached hydrogens (tertiary/aromatic N) is 3. The summed E-state index contributed by atoms with van der Waals surface area (Å²) in [6, 6.07) is 11.5. The summed E-state index contributed by atoms with van der Waals surface area (Å²) in [6.07, 6.45) is 0.123. The molecule has 2 aromatic carbocycles. The van der Waals surface area contributed by atoms with Crippen LogP contribution in [0.1, 0.15) is 6.42 Å². The van der Waals surface area contributed by atoms with Gasteiger partial charge in [-0.3, -0.25) is 9.59 Å². The molecule has 5 rings (SSSR count). The van der Waals surface area contributed by atoms with Gasteiger partial charge < -0.3 is 24.0 Å². The highest BCUT2D eigenvalue weighted by molar-refractivity contribution is 7.89. The average Bonchev–Trinajstić information content (AvgIpc) is 3.49. The lowest BCUT2D eigenvalue weighted by Gasteiger charge is -2.35. The third kappa shape index (κ3) is 4.05. The van der Waals surface area contributed by atoms with Crippen LogP contribution in [0.5, 0.6) is 17.2 Å². The van der Waals surface area contributed by atoms with E-state index < -0.39 is 15.9 Å². The van der Waals surface area contributed by atoms with E-state index in [9.17, 15) is 18.0 Å². The number of ether oxygens (including phenoxy) is 3. The average molecular weight is 488 g/mol. The molecule has 0 aliphatic carbocycles. The number of hydrogen-bond acceptors (Lipinski definition) is 7. The van der Waals surface area contributed by atoms with Crippen LogP contribution in [-0.2, 0) is 19.6 Å². The Kier molecular flexibility index (Phi) is 5.82. The van der Waals surface area contributed by atoms with E-state index >= 15 is 0 Å². The Morgan fingerprint density at radius 1 is 1.00 bits per heavy atom. The quantitative estimate of drug-likeness (QED) is 0.626. The standard InChI is InChI=1S/C23H25N3O7S/c1-31-18-3-5-19(6-4-18)34(29,30)25-10-8-24(9-11-25)23(28)16-12-22(27)26(14-16)17-2-7-20-21(13-17)33-15-32-20/h2-7,13,16H,8-12,14-15H2,1H3. The van der Waals surface area contributed by atoms with E-state index in [0.717, 1.165) is 0 Å². The number of fused-ring (bicyclic) bond motifs is 1. The van der Waals surface area contributed by atoms with Crippen molar-refractivity contribution in [2.75, 3.05) is 51.5 Å². The molecule has 0 aromatic heterocycles. The van der Waals surface area contributed by atoms with Crippen molar-refractivity contribution in [2.24, 2.45) is 5.92 Å². The zero-order chi connectivity index (χ0) is 23.9. The molecular formula is C23H25N3O7S. The van der Waals surface area contributed by atoms with Crippen LogP contribution >= 0.6 is 0 Å². The molecule has 3 heterocycles. The van der Waals surface area contributed by atoms with Gasteiger partial charge in [0.1, 0.15) is 5.75 Å². The van der Waals surface area contributed by atoms with Gasteiger partial charge in [0, 0.05) is 50.9 Å². The summed E-state index contributed by atoms with van der Waals surface area (Å²) in [7, 11) is -2.14. The van der Waals surface area contributed by atoms with Crippen LogP contribution < -0.4 is 19.1 Å². The number of amides is 2. The SMILES string of the molecule is COc1ccc(S(=O)(=O)N2CCN(C(=O)C3CC(=O)N(c4ccc5c(c4)OCO5)C3)CC2)cc1. The second kappa shape index (κ2) is 8.80. The Balaban J connectivity index is 1.21. The Morgan fingerprint density at radius 3 is 2.41 bits per heavy atom. The molecule has 34 heavy (non-hydrogen) atoms. The first-order chi connectivity index (χ1) is 16.4. The molecule has 180 valence electrons. The molecular weight excluding hydrogens is 462 g/mol. The minimum atomic E-state index is -3.66. The van der Waals surface area contributed by atoms with E-state index in [2.05, 4.69) is 0 Å². The van der Waals surface area contributed by atoms with Crippen molar-refractivity contribution in [3.05, 3.63) is 42.5 Å². The number of hydrogen-bond donors (Lipinski definition) is 0. The van der Waals surface area contributed by atoms with Gasteiger partial charge in [-0.25, -0.2) is 8.42 Å². The first kappa shape index (κ1) is 22.5. The molecule has 3 aliphatic heterocycles. The van der Waals surface area contributed by atoms with Crippen molar-refractivity contribution in [1.29, 1.82) is 0 Å². The van der Waals surface area contributed by atoms with E-state index in [1.807, 2.05) is 0 Å². The number of benzene rings is 2. The number of carbonyl (C=O) groups is 2. The summed E-state index contributed by atoms with van der Waals surface area (Å²) in [5.74, 6) is 1.06. The van der Waals surface area contributed by atoms with Gasteiger partial charge >= 0.3 is 0 Å². The van der Waals surface area contributed by atoms with Crippen molar-refractivity contribution in [2.45, 2.75) is 11.3 Å². The fraction of sp³-hybridized carbons (Fsp3) is 0.391. The lowest BCUT2D eigenvalue weighted by atomic mass is 10.1. The van der Waals surface area contributed by atoms with Gasteiger partial charge in [0.15, 0.2) is 11.5 Å². The van der Waals surface area contributed by atoms with Crippen LogP contribution in [0.4, 0.5) is 5.69 Å². The number of sulfonamides is 1. The molecule has 11 heteroatoms. The Bertz CT molecular complexity index is 1210. The summed E-state index contributed by atoms with van der Waals surface area (Å²) in [5.41, 5.74) is 0.667. The third-order valence-electron chi connectivity index (χ3n) is 6.39. The summed E-state index contributed by atoms with van der Waals surface area (Å²) in [5, 5.41) is 0. The zero-order valence-electron chi connectivity index (χ0n) is 18.7. The number of piperazine rings is 1. The second-order valence-electron chi connectivity index (χ2n) is 8.35. The maximum absolute atomic E-state index is 13.1. The number of carbonyl (C=O) groups excluding carboxylic acids is 2. The molecule has 0 bridgehead atoms. The van der Waals surface area contributed by atoms with E-state index in [0.29, 0.717) is 22.9 Å². The van der Waals surface area contributed by atoms with Gasteiger partial charge in [-0.15, -0.1) is 0 Å². The second-order valence-corrected chi connectivity index (χ2v) is 10.3. The molecule has 0 saturated carbocycles. The molecule has 2 fully saturated rings. The third-order valence-corrected chi connectivity index (χ3v) is 8.30. The normalized spacial score (nSPS) is 20.6. The Morgan fingerprint density at radius 2 is 1.71 bits per heavy atom. The van der Waals surface area contributed by atoms with Crippen molar-refractivity contribution in [3.8, 4) is 17.2 Å². The van der Waals surface area contributed by atoms with E-state index in [-0.39, 0.29) is 62.6 Å². The van der Waals surface area contributed by atoms with Crippen LogP contribution in [0.15, 0.2) is 47.4 Å². The highest BCUT2D eigenvalue weighted by Gasteiger charge is 2.39. The fourth-order valence-corrected chi connectivity index (χ4v) is 5.90. The molecule has 3 aliphatic rings. The molecule has 1 atom stereocenters. The van der Waals surface area contributed by atoms with E-state index in [1.165, 1.54) is 23.5 Å². The van der Waals surface area contributed by atoms with Crippen LogP contribution in [0.3, 0.4) is 0 Å². The topological polar surface area (TPSA) is 106 Å². The van der Waals surface area contributed by atoms with Gasteiger partial charge in [-0.2, -0.15) is 4.31 Å². The summed E-state index contributed by atoms with van der Waals surface area (Å²) < 4.78 is 43.1. The molecule has 2 amide bonds. The highest BCUT2D eigenvalue weighted by Crippen LogP contribution is 2.37. The predicted octanol–water partition coefficient (Wildman–Crippen LogP) is 1.31. The summed E-state index contributed by atoms with van der Waals surface area (Å²) >= 11 is 0. The lowest BCUT2D eigenvalue weighted by molar-refractivity contribution is -0.136. The van der Waals surface area contributed by atoms with Gasteiger partial charge in [-0.05, 0) is 36.4 Å². The Hall–Kier alpha value is -3.31. The van der Waals surface area contributed by atoms with Crippen molar-refractivity contribution >= 4 is 27.5 Å². The first-order valence-electron chi connectivity index (χ1n) is 11.0. The first-order valence-corrected chi connectivity index (χ1v) is 12.4. The predicted molar refractivity (Wildman–Crippen MR) is 121 cm³/mol. The molecule has 10 nitrogen and oxygen atoms in total. The monoisotopic (exact) mass is 487 g/mol. The van der Waals surface area contributed by atoms with E-state index in [1.54, 1.807) is 40.1 Å². The van der Waals surface area contributed by atoms with Crippen LogP contribution in [0.2, 0.25) is 0 Å². The van der Waals surface area contributed by atoms with Gasteiger partial charge in [0.2, 0.25) is 28.6 Å². The van der Waals surface area contributed by atoms with Crippen LogP contribution in [0, 0.1) is 5.92 Å². The molecule has 2 aromatic rings. The summed E-state index contributed by atoms with van der Waals surface area (Å²) in [6.45, 7) is 1.39. The molecule has 0 radical (unpaired) electrons. The minimum absolute atomic E-state index is 0.123. The Labute approximate surface area is 197 Å². The van der Waals surface area contributed by atoms with Crippen molar-refractivity contribution in [3.63, 3.8) is 0 Å². The van der Waals surface area contributed by atoms with Gasteiger partial charge in [0.25, 0.3) is 0 Å². The fourth-order valence-electron chi connectivity index (χ4n) is 4.48. The molecule has 0 spiro atoms. The smallest absolute Gasteiger partial charge is 0.243 e. The largest absolute Gasteiger partial charge is 0.497 e. The zero-order valence-corrected chi connectivity index (χ0v) is 19.5. The molecule has 1 unspecified atom stereocenters.